The van der Waals surface area contributed by atoms with Crippen molar-refractivity contribution in [3.63, 3.8) is 0 Å². The molecule has 36 heavy (non-hydrogen) atoms. The fourth-order valence-electron chi connectivity index (χ4n) is 4.33. The summed E-state index contributed by atoms with van der Waals surface area (Å²) in [6.07, 6.45) is 1.17. The molecule has 2 aliphatic heterocycles. The molecule has 2 aliphatic rings. The molecular weight excluding hydrogens is 485 g/mol. The van der Waals surface area contributed by atoms with Crippen molar-refractivity contribution in [3.8, 4) is 11.3 Å². The third-order valence-electron chi connectivity index (χ3n) is 6.00. The van der Waals surface area contributed by atoms with Crippen LogP contribution in [0.15, 0.2) is 60.8 Å². The molecule has 2 aromatic carbocycles. The molecule has 186 valence electrons. The number of aromatic nitrogens is 2. The lowest BCUT2D eigenvalue weighted by Gasteiger charge is -2.20. The second-order valence-corrected chi connectivity index (χ2v) is 8.81. The van der Waals surface area contributed by atoms with Crippen LogP contribution in [0.3, 0.4) is 0 Å². The second kappa shape index (κ2) is 10.5. The predicted molar refractivity (Wildman–Crippen MR) is 135 cm³/mol. The van der Waals surface area contributed by atoms with E-state index in [0.717, 1.165) is 0 Å². The zero-order valence-corrected chi connectivity index (χ0v) is 20.1. The van der Waals surface area contributed by atoms with Gasteiger partial charge < -0.3 is 30.2 Å². The molecule has 5 rings (SSSR count). The summed E-state index contributed by atoms with van der Waals surface area (Å²) in [6.45, 7) is 0.810. The minimum absolute atomic E-state index is 0.162. The number of hydrogen-bond acceptors (Lipinski definition) is 8. The number of halogens is 1. The van der Waals surface area contributed by atoms with Crippen LogP contribution >= 0.6 is 12.2 Å². The summed E-state index contributed by atoms with van der Waals surface area (Å²) in [4.78, 5) is 20.6. The molecule has 4 atom stereocenters. The maximum Gasteiger partial charge on any atom is 0.337 e. The lowest BCUT2D eigenvalue weighted by Crippen LogP contribution is -2.46. The molecule has 3 aromatic rings. The molecule has 0 unspecified atom stereocenters. The number of hydrogen-bond donors (Lipinski definition) is 3. The Kier molecular flexibility index (Phi) is 7.03. The van der Waals surface area contributed by atoms with Gasteiger partial charge in [0.2, 0.25) is 5.95 Å². The van der Waals surface area contributed by atoms with E-state index >= 15 is 0 Å². The predicted octanol–water partition coefficient (Wildman–Crippen LogP) is 3.00. The Morgan fingerprint density at radius 3 is 2.67 bits per heavy atom. The van der Waals surface area contributed by atoms with E-state index in [1.165, 1.54) is 19.2 Å². The molecule has 11 heteroatoms. The molecule has 0 amide bonds. The van der Waals surface area contributed by atoms with E-state index < -0.39 is 5.97 Å². The maximum atomic E-state index is 13.6. The van der Waals surface area contributed by atoms with Gasteiger partial charge in [-0.05, 0) is 48.6 Å². The van der Waals surface area contributed by atoms with E-state index in [1.807, 2.05) is 0 Å². The second-order valence-electron chi connectivity index (χ2n) is 8.40. The Labute approximate surface area is 212 Å². The number of esters is 1. The van der Waals surface area contributed by atoms with Gasteiger partial charge in [-0.25, -0.2) is 19.2 Å². The van der Waals surface area contributed by atoms with Gasteiger partial charge in [0.25, 0.3) is 0 Å². The highest BCUT2D eigenvalue weighted by Gasteiger charge is 2.48. The highest BCUT2D eigenvalue weighted by Crippen LogP contribution is 2.29. The van der Waals surface area contributed by atoms with E-state index in [4.69, 9.17) is 26.4 Å². The number of thiocarbonyl (C=S) groups is 1. The Hall–Kier alpha value is -3.67. The SMILES string of the molecule is COC(=O)c1cccc(NC(=S)N[C@@H]2CO[C@@H]3[C@@H]2OC[C@@H]3Nc2nccc(-c3cccc(F)c3)n2)c1. The number of benzene rings is 2. The summed E-state index contributed by atoms with van der Waals surface area (Å²) in [5, 5.41) is 10.00. The fourth-order valence-corrected chi connectivity index (χ4v) is 4.60. The molecule has 9 nitrogen and oxygen atoms in total. The van der Waals surface area contributed by atoms with Gasteiger partial charge in [0.15, 0.2) is 5.11 Å². The van der Waals surface area contributed by atoms with Crippen LogP contribution in [0.4, 0.5) is 16.0 Å². The number of rotatable bonds is 6. The molecule has 3 N–H and O–H groups in total. The number of ether oxygens (including phenoxy) is 3. The summed E-state index contributed by atoms with van der Waals surface area (Å²) >= 11 is 5.46. The van der Waals surface area contributed by atoms with Crippen LogP contribution in [0.25, 0.3) is 11.3 Å². The molecule has 0 radical (unpaired) electrons. The van der Waals surface area contributed by atoms with Crippen LogP contribution in [0.1, 0.15) is 10.4 Å². The Balaban J connectivity index is 1.19. The minimum atomic E-state index is -0.423. The fraction of sp³-hybridized carbons (Fsp3) is 0.280. The Bertz CT molecular complexity index is 1280. The molecule has 0 aliphatic carbocycles. The van der Waals surface area contributed by atoms with Gasteiger partial charge in [0.1, 0.15) is 18.0 Å². The van der Waals surface area contributed by atoms with Gasteiger partial charge in [0.05, 0.1) is 43.7 Å². The van der Waals surface area contributed by atoms with Crippen molar-refractivity contribution >= 4 is 34.9 Å². The van der Waals surface area contributed by atoms with Gasteiger partial charge in [-0.1, -0.05) is 18.2 Å². The van der Waals surface area contributed by atoms with Gasteiger partial charge in [-0.15, -0.1) is 0 Å². The summed E-state index contributed by atoms with van der Waals surface area (Å²) in [6, 6.07) is 14.5. The van der Waals surface area contributed by atoms with Gasteiger partial charge in [-0.3, -0.25) is 0 Å². The first-order valence-corrected chi connectivity index (χ1v) is 11.8. The number of anilines is 2. The number of methoxy groups -OCH3 is 1. The molecule has 2 fully saturated rings. The maximum absolute atomic E-state index is 13.6. The van der Waals surface area contributed by atoms with Crippen molar-refractivity contribution in [2.24, 2.45) is 0 Å². The van der Waals surface area contributed by atoms with Gasteiger partial charge in [-0.2, -0.15) is 0 Å². The van der Waals surface area contributed by atoms with Crippen LogP contribution in [-0.4, -0.2) is 65.7 Å². The average molecular weight is 510 g/mol. The zero-order chi connectivity index (χ0) is 25.1. The molecule has 0 spiro atoms. The van der Waals surface area contributed by atoms with Crippen molar-refractivity contribution in [2.75, 3.05) is 31.0 Å². The van der Waals surface area contributed by atoms with Crippen molar-refractivity contribution < 1.29 is 23.4 Å². The van der Waals surface area contributed by atoms with Crippen LogP contribution in [-0.2, 0) is 14.2 Å². The Morgan fingerprint density at radius 2 is 1.86 bits per heavy atom. The van der Waals surface area contributed by atoms with Crippen LogP contribution in [0, 0.1) is 5.82 Å². The highest BCUT2D eigenvalue weighted by molar-refractivity contribution is 7.80. The molecular formula is C25H24FN5O4S. The largest absolute Gasteiger partial charge is 0.465 e. The van der Waals surface area contributed by atoms with Crippen molar-refractivity contribution in [1.82, 2.24) is 15.3 Å². The molecule has 3 heterocycles. The van der Waals surface area contributed by atoms with Gasteiger partial charge >= 0.3 is 5.97 Å². The number of fused-ring (bicyclic) bond motifs is 1. The Morgan fingerprint density at radius 1 is 1.08 bits per heavy atom. The van der Waals surface area contributed by atoms with Crippen LogP contribution < -0.4 is 16.0 Å². The van der Waals surface area contributed by atoms with Crippen LogP contribution in [0.2, 0.25) is 0 Å². The number of nitrogens with zero attached hydrogens (tertiary/aromatic N) is 2. The first kappa shape index (κ1) is 24.0. The van der Waals surface area contributed by atoms with Crippen LogP contribution in [0.5, 0.6) is 0 Å². The summed E-state index contributed by atoms with van der Waals surface area (Å²) in [7, 11) is 1.34. The topological polar surface area (TPSA) is 107 Å². The first-order valence-electron chi connectivity index (χ1n) is 11.3. The lowest BCUT2D eigenvalue weighted by atomic mass is 10.1. The van der Waals surface area contributed by atoms with Gasteiger partial charge in [0, 0.05) is 17.4 Å². The number of carbonyl (C=O) groups is 1. The molecule has 0 bridgehead atoms. The standard InChI is InChI=1S/C25H24FN5O4S/c1-33-23(32)15-5-3-7-17(11-15)28-25(36)31-20-13-35-21-19(12-34-22(20)21)30-24-27-9-8-18(29-24)14-4-2-6-16(26)10-14/h2-11,19-22H,12-13H2,1H3,(H,27,29,30)(H2,28,31,36)/t19-,20+,21-,22+/m0/s1. The van der Waals surface area contributed by atoms with Crippen molar-refractivity contribution in [1.29, 1.82) is 0 Å². The van der Waals surface area contributed by atoms with E-state index in [1.54, 1.807) is 48.7 Å². The average Bonchev–Trinajstić information content (AvgIpc) is 3.47. The van der Waals surface area contributed by atoms with E-state index in [9.17, 15) is 9.18 Å². The van der Waals surface area contributed by atoms with E-state index in [0.29, 0.717) is 46.8 Å². The summed E-state index contributed by atoms with van der Waals surface area (Å²) in [5.74, 6) is -0.337. The first-order chi connectivity index (χ1) is 17.5. The smallest absolute Gasteiger partial charge is 0.337 e. The lowest BCUT2D eigenvalue weighted by molar-refractivity contribution is 0.0601. The number of nitrogens with one attached hydrogen (secondary N) is 3. The third kappa shape index (κ3) is 5.27. The quantitative estimate of drug-likeness (QED) is 0.339. The van der Waals surface area contributed by atoms with Crippen molar-refractivity contribution in [2.45, 2.75) is 24.3 Å². The van der Waals surface area contributed by atoms with Crippen molar-refractivity contribution in [3.05, 3.63) is 72.2 Å². The highest BCUT2D eigenvalue weighted by atomic mass is 32.1. The number of carbonyl (C=O) groups excluding carboxylic acids is 1. The monoisotopic (exact) mass is 509 g/mol. The molecule has 0 saturated carbocycles. The van der Waals surface area contributed by atoms with E-state index in [-0.39, 0.29) is 30.1 Å². The van der Waals surface area contributed by atoms with E-state index in [2.05, 4.69) is 25.9 Å². The third-order valence-corrected chi connectivity index (χ3v) is 6.22. The molecule has 1 aromatic heterocycles. The molecule has 2 saturated heterocycles. The minimum Gasteiger partial charge on any atom is -0.465 e. The summed E-state index contributed by atoms with van der Waals surface area (Å²) < 4.78 is 30.4. The normalized spacial score (nSPS) is 22.5. The summed E-state index contributed by atoms with van der Waals surface area (Å²) in [5.41, 5.74) is 2.36. The zero-order valence-electron chi connectivity index (χ0n) is 19.3.